The minimum absolute atomic E-state index is 0.413. The van der Waals surface area contributed by atoms with Crippen LogP contribution in [0.15, 0.2) is 0 Å². The van der Waals surface area contributed by atoms with E-state index in [1.54, 1.807) is 6.92 Å². The predicted octanol–water partition coefficient (Wildman–Crippen LogP) is -1.01. The molecule has 0 aromatic carbocycles. The summed E-state index contributed by atoms with van der Waals surface area (Å²) in [4.78, 5) is 0. The first-order valence-electron chi connectivity index (χ1n) is 1.58. The van der Waals surface area contributed by atoms with Crippen molar-refractivity contribution in [1.29, 1.82) is 0 Å². The van der Waals surface area contributed by atoms with Crippen LogP contribution in [-0.4, -0.2) is 34.8 Å². The van der Waals surface area contributed by atoms with E-state index < -0.39 is 21.5 Å². The molecule has 0 aliphatic carbocycles. The van der Waals surface area contributed by atoms with Crippen LogP contribution in [0.5, 0.6) is 0 Å². The molecule has 0 unspecified atom stereocenters. The summed E-state index contributed by atoms with van der Waals surface area (Å²) < 4.78 is 20.5. The quantitative estimate of drug-likeness (QED) is 0.562. The van der Waals surface area contributed by atoms with Gasteiger partial charge >= 0.3 is 44.8 Å². The average Bonchev–Trinajstić information content (AvgIpc) is 1.35. The van der Waals surface area contributed by atoms with Crippen LogP contribution in [0.1, 0.15) is 6.92 Å². The van der Waals surface area contributed by atoms with Gasteiger partial charge in [-0.15, -0.1) is 0 Å². The van der Waals surface area contributed by atoms with Gasteiger partial charge < -0.3 is 0 Å². The van der Waals surface area contributed by atoms with Gasteiger partial charge in [0.05, 0.1) is 0 Å². The summed E-state index contributed by atoms with van der Waals surface area (Å²) in [5.41, 5.74) is 0. The van der Waals surface area contributed by atoms with Crippen LogP contribution in [0.3, 0.4) is 0 Å². The normalized spacial score (nSPS) is 10.0. The Labute approximate surface area is 45.2 Å². The van der Waals surface area contributed by atoms with Crippen molar-refractivity contribution < 1.29 is 9.79 Å². The van der Waals surface area contributed by atoms with E-state index in [0.29, 0.717) is 6.61 Å². The third-order valence-electron chi connectivity index (χ3n) is 0.245. The van der Waals surface area contributed by atoms with E-state index in [1.165, 1.54) is 0 Å². The van der Waals surface area contributed by atoms with E-state index in [4.69, 9.17) is 6.77 Å². The minimum atomic E-state index is -3.01. The first-order valence-corrected chi connectivity index (χ1v) is 4.90. The Bertz CT molecular complexity index is 30.0. The molecule has 0 heterocycles. The van der Waals surface area contributed by atoms with E-state index >= 15 is 0 Å². The summed E-state index contributed by atoms with van der Waals surface area (Å²) in [6, 6.07) is 0. The third kappa shape index (κ3) is 4.70. The molecule has 38 valence electrons. The fraction of sp³-hybridized carbons (Fsp3) is 1.00. The molecular weight excluding hydrogens is 194 g/mol. The Morgan fingerprint density at radius 1 is 1.67 bits per heavy atom. The molecule has 0 saturated carbocycles. The van der Waals surface area contributed by atoms with Gasteiger partial charge in [0, 0.05) is 0 Å². The van der Waals surface area contributed by atoms with Gasteiger partial charge in [-0.2, -0.15) is 0 Å². The molecule has 0 aromatic rings. The maximum absolute atomic E-state index is 8.07. The van der Waals surface area contributed by atoms with E-state index in [1.807, 2.05) is 0 Å². The summed E-state index contributed by atoms with van der Waals surface area (Å²) in [6.45, 7) is 2.14. The van der Waals surface area contributed by atoms with Crippen molar-refractivity contribution in [2.45, 2.75) is 6.92 Å². The topological polar surface area (TPSA) is 49.7 Å². The van der Waals surface area contributed by atoms with Gasteiger partial charge in [-0.3, -0.25) is 0 Å². The van der Waals surface area contributed by atoms with E-state index in [0.717, 1.165) is 0 Å². The Morgan fingerprint density at radius 2 is 2.17 bits per heavy atom. The molecule has 0 fully saturated rings. The Hall–Kier alpha value is 0.698. The van der Waals surface area contributed by atoms with Gasteiger partial charge in [0.1, 0.15) is 0 Å². The van der Waals surface area contributed by atoms with Crippen molar-refractivity contribution in [2.24, 2.45) is 0 Å². The van der Waals surface area contributed by atoms with Gasteiger partial charge in [0.2, 0.25) is 0 Å². The Balaban J connectivity index is 2.63. The number of hydrogen-bond donors (Lipinski definition) is 2. The number of rotatable bonds is 2. The zero-order chi connectivity index (χ0) is 4.99. The Kier molecular flexibility index (Phi) is 4.32. The molecule has 0 spiro atoms. The van der Waals surface area contributed by atoms with Crippen LogP contribution in [-0.2, 0) is 3.02 Å². The van der Waals surface area contributed by atoms with Gasteiger partial charge in [-0.1, -0.05) is 0 Å². The number of hydrogen-bond acceptors (Lipinski definition) is 3. The van der Waals surface area contributed by atoms with Crippen molar-refractivity contribution in [3.05, 3.63) is 0 Å². The molecule has 0 bridgehead atoms. The van der Waals surface area contributed by atoms with Gasteiger partial charge in [0.15, 0.2) is 0 Å². The summed E-state index contributed by atoms with van der Waals surface area (Å²) in [5.74, 6) is 0. The van der Waals surface area contributed by atoms with Crippen molar-refractivity contribution in [3.8, 4) is 0 Å². The van der Waals surface area contributed by atoms with Crippen LogP contribution in [0.25, 0.3) is 0 Å². The van der Waals surface area contributed by atoms with Crippen LogP contribution < -0.4 is 0 Å². The molecule has 0 rings (SSSR count). The fourth-order valence-electron chi connectivity index (χ4n) is 0.115. The van der Waals surface area contributed by atoms with Crippen molar-refractivity contribution in [1.82, 2.24) is 0 Å². The summed E-state index contributed by atoms with van der Waals surface area (Å²) in [6.07, 6.45) is 0. The van der Waals surface area contributed by atoms with E-state index in [2.05, 4.69) is 3.02 Å². The third-order valence-corrected chi connectivity index (χ3v) is 1.64. The molecule has 0 radical (unpaired) electrons. The van der Waals surface area contributed by atoms with E-state index in [-0.39, 0.29) is 0 Å². The van der Waals surface area contributed by atoms with E-state index in [9.17, 15) is 0 Å². The zero-order valence-electron chi connectivity index (χ0n) is 3.46. The van der Waals surface area contributed by atoms with Gasteiger partial charge in [-0.05, 0) is 0 Å². The average molecular weight is 201 g/mol. The molecule has 2 N–H and O–H groups in total. The zero-order valence-corrected chi connectivity index (χ0v) is 6.01. The van der Waals surface area contributed by atoms with Crippen LogP contribution in [0.2, 0.25) is 0 Å². The Morgan fingerprint density at radius 3 is 2.17 bits per heavy atom. The predicted molar refractivity (Wildman–Crippen MR) is 21.8 cm³/mol. The van der Waals surface area contributed by atoms with Crippen molar-refractivity contribution in [3.63, 3.8) is 0 Å². The maximum atomic E-state index is 8.07. The summed E-state index contributed by atoms with van der Waals surface area (Å²) in [5, 5.41) is 0. The monoisotopic (exact) mass is 200 g/mol. The first kappa shape index (κ1) is 6.70. The molecule has 6 heavy (non-hydrogen) atoms. The SMILES string of the molecule is CC[O][Sb]([OH])[OH]. The standard InChI is InChI=1S/C2H5O.2H2O.Sb/c1-2-3;;;/h2H2,1H3;2*1H2;/q-1;;;+3/p-2. The van der Waals surface area contributed by atoms with Crippen LogP contribution in [0.4, 0.5) is 0 Å². The second kappa shape index (κ2) is 3.87. The molecule has 0 amide bonds. The molecule has 4 heteroatoms. The summed E-state index contributed by atoms with van der Waals surface area (Å²) in [7, 11) is 0. The molecule has 3 nitrogen and oxygen atoms in total. The molecule has 0 saturated heterocycles. The molecule has 0 aliphatic rings. The van der Waals surface area contributed by atoms with Crippen molar-refractivity contribution in [2.75, 3.05) is 6.61 Å². The molecule has 0 aliphatic heterocycles. The van der Waals surface area contributed by atoms with Gasteiger partial charge in [-0.25, -0.2) is 0 Å². The van der Waals surface area contributed by atoms with Gasteiger partial charge in [0.25, 0.3) is 0 Å². The molecule has 0 aromatic heterocycles. The second-order valence-corrected chi connectivity index (χ2v) is 2.85. The fourth-order valence-corrected chi connectivity index (χ4v) is 0.775. The summed E-state index contributed by atoms with van der Waals surface area (Å²) >= 11 is -3.01. The van der Waals surface area contributed by atoms with Crippen LogP contribution >= 0.6 is 0 Å². The second-order valence-electron chi connectivity index (χ2n) is 0.671. The molecule has 0 atom stereocenters. The molecular formula is C2H7O3Sb. The van der Waals surface area contributed by atoms with Crippen molar-refractivity contribution >= 4 is 21.5 Å². The first-order chi connectivity index (χ1) is 2.77. The van der Waals surface area contributed by atoms with Crippen LogP contribution in [0, 0.1) is 0 Å².